The van der Waals surface area contributed by atoms with Crippen LogP contribution in [0.1, 0.15) is 29.8 Å². The number of aromatic nitrogens is 1. The third-order valence-electron chi connectivity index (χ3n) is 2.81. The van der Waals surface area contributed by atoms with Crippen molar-refractivity contribution in [3.63, 3.8) is 0 Å². The van der Waals surface area contributed by atoms with E-state index in [0.29, 0.717) is 23.1 Å². The van der Waals surface area contributed by atoms with Crippen LogP contribution in [0.25, 0.3) is 0 Å². The molecule has 1 heterocycles. The molecule has 0 fully saturated rings. The molecule has 1 atom stereocenters. The fourth-order valence-electron chi connectivity index (χ4n) is 1.70. The van der Waals surface area contributed by atoms with Gasteiger partial charge in [0.15, 0.2) is 0 Å². The minimum Gasteiger partial charge on any atom is -0.487 e. The van der Waals surface area contributed by atoms with Gasteiger partial charge in [-0.25, -0.2) is 4.98 Å². The molecule has 0 radical (unpaired) electrons. The topological polar surface area (TPSA) is 71.9 Å². The third-order valence-corrected chi connectivity index (χ3v) is 3.11. The number of benzene rings is 1. The lowest BCUT2D eigenvalue weighted by molar-refractivity contribution is 0.306. The summed E-state index contributed by atoms with van der Waals surface area (Å²) < 4.78 is 5.65. The molecule has 1 aromatic carbocycles. The van der Waals surface area contributed by atoms with E-state index >= 15 is 0 Å². The molecule has 20 heavy (non-hydrogen) atoms. The Morgan fingerprint density at radius 3 is 2.85 bits per heavy atom. The van der Waals surface area contributed by atoms with Crippen molar-refractivity contribution in [2.24, 2.45) is 5.73 Å². The fraction of sp³-hybridized carbons (Fsp3) is 0.200. The molecule has 102 valence electrons. The minimum absolute atomic E-state index is 0.0695. The Kier molecular flexibility index (Phi) is 4.57. The van der Waals surface area contributed by atoms with Gasteiger partial charge in [0.25, 0.3) is 0 Å². The SMILES string of the molecule is C[C@H](N)c1ccc(OCc2ccnc(C#N)c2)c(Cl)c1. The van der Waals surface area contributed by atoms with E-state index in [9.17, 15) is 0 Å². The van der Waals surface area contributed by atoms with Crippen molar-refractivity contribution in [2.75, 3.05) is 0 Å². The molecule has 0 saturated heterocycles. The summed E-state index contributed by atoms with van der Waals surface area (Å²) in [4.78, 5) is 3.90. The van der Waals surface area contributed by atoms with E-state index in [1.165, 1.54) is 0 Å². The van der Waals surface area contributed by atoms with E-state index in [2.05, 4.69) is 4.98 Å². The molecule has 0 bridgehead atoms. The van der Waals surface area contributed by atoms with Crippen LogP contribution in [0.3, 0.4) is 0 Å². The van der Waals surface area contributed by atoms with Crippen molar-refractivity contribution in [2.45, 2.75) is 19.6 Å². The maximum Gasteiger partial charge on any atom is 0.140 e. The van der Waals surface area contributed by atoms with Gasteiger partial charge in [0.1, 0.15) is 24.1 Å². The molecule has 2 aromatic rings. The number of hydrogen-bond acceptors (Lipinski definition) is 4. The van der Waals surface area contributed by atoms with E-state index in [4.69, 9.17) is 27.3 Å². The summed E-state index contributed by atoms with van der Waals surface area (Å²) >= 11 is 6.15. The number of pyridine rings is 1. The summed E-state index contributed by atoms with van der Waals surface area (Å²) in [5.41, 5.74) is 7.98. The van der Waals surface area contributed by atoms with Gasteiger partial charge in [0.05, 0.1) is 5.02 Å². The average molecular weight is 288 g/mol. The minimum atomic E-state index is -0.0695. The summed E-state index contributed by atoms with van der Waals surface area (Å²) in [6.45, 7) is 2.22. The Hall–Kier alpha value is -2.09. The molecule has 0 spiro atoms. The van der Waals surface area contributed by atoms with Crippen LogP contribution in [0.15, 0.2) is 36.5 Å². The number of nitrogens with zero attached hydrogens (tertiary/aromatic N) is 2. The van der Waals surface area contributed by atoms with Crippen LogP contribution < -0.4 is 10.5 Å². The molecule has 5 heteroatoms. The van der Waals surface area contributed by atoms with Crippen LogP contribution in [0.4, 0.5) is 0 Å². The zero-order valence-electron chi connectivity index (χ0n) is 11.0. The Morgan fingerprint density at radius 2 is 2.20 bits per heavy atom. The van der Waals surface area contributed by atoms with Gasteiger partial charge in [-0.2, -0.15) is 5.26 Å². The van der Waals surface area contributed by atoms with Crippen molar-refractivity contribution >= 4 is 11.6 Å². The van der Waals surface area contributed by atoms with E-state index in [1.54, 1.807) is 30.5 Å². The van der Waals surface area contributed by atoms with Crippen molar-refractivity contribution in [3.8, 4) is 11.8 Å². The highest BCUT2D eigenvalue weighted by molar-refractivity contribution is 6.32. The third kappa shape index (κ3) is 3.47. The predicted molar refractivity (Wildman–Crippen MR) is 77.3 cm³/mol. The maximum absolute atomic E-state index is 8.79. The van der Waals surface area contributed by atoms with Gasteiger partial charge in [-0.15, -0.1) is 0 Å². The van der Waals surface area contributed by atoms with Crippen LogP contribution >= 0.6 is 11.6 Å². The number of rotatable bonds is 4. The van der Waals surface area contributed by atoms with Crippen LogP contribution in [0, 0.1) is 11.3 Å². The van der Waals surface area contributed by atoms with Crippen LogP contribution in [0.2, 0.25) is 5.02 Å². The molecule has 0 aliphatic heterocycles. The number of hydrogen-bond donors (Lipinski definition) is 1. The first-order valence-corrected chi connectivity index (χ1v) is 6.51. The first kappa shape index (κ1) is 14.3. The molecule has 2 rings (SSSR count). The van der Waals surface area contributed by atoms with Crippen LogP contribution in [0.5, 0.6) is 5.75 Å². The summed E-state index contributed by atoms with van der Waals surface area (Å²) in [5.74, 6) is 0.589. The van der Waals surface area contributed by atoms with Gasteiger partial charge in [-0.1, -0.05) is 17.7 Å². The Labute approximate surface area is 122 Å². The van der Waals surface area contributed by atoms with Crippen LogP contribution in [-0.4, -0.2) is 4.98 Å². The average Bonchev–Trinajstić information content (AvgIpc) is 2.46. The van der Waals surface area contributed by atoms with Crippen molar-refractivity contribution < 1.29 is 4.74 Å². The van der Waals surface area contributed by atoms with Gasteiger partial charge in [-0.3, -0.25) is 0 Å². The molecule has 4 nitrogen and oxygen atoms in total. The molecular weight excluding hydrogens is 274 g/mol. The summed E-state index contributed by atoms with van der Waals surface area (Å²) in [5, 5.41) is 9.31. The molecule has 0 saturated carbocycles. The summed E-state index contributed by atoms with van der Waals surface area (Å²) in [7, 11) is 0. The zero-order chi connectivity index (χ0) is 14.5. The Morgan fingerprint density at radius 1 is 1.40 bits per heavy atom. The standard InChI is InChI=1S/C15H14ClN3O/c1-10(18)12-2-3-15(14(16)7-12)20-9-11-4-5-19-13(6-11)8-17/h2-7,10H,9,18H2,1H3/t10-/m0/s1. The second kappa shape index (κ2) is 6.38. The van der Waals surface area contributed by atoms with Gasteiger partial charge < -0.3 is 10.5 Å². The quantitative estimate of drug-likeness (QED) is 0.937. The highest BCUT2D eigenvalue weighted by Crippen LogP contribution is 2.28. The molecule has 1 aromatic heterocycles. The lowest BCUT2D eigenvalue weighted by atomic mass is 10.1. The Bertz CT molecular complexity index is 650. The molecule has 0 amide bonds. The van der Waals surface area contributed by atoms with E-state index < -0.39 is 0 Å². The van der Waals surface area contributed by atoms with E-state index in [-0.39, 0.29) is 6.04 Å². The number of nitriles is 1. The second-order valence-electron chi connectivity index (χ2n) is 4.43. The second-order valence-corrected chi connectivity index (χ2v) is 4.84. The van der Waals surface area contributed by atoms with Gasteiger partial charge >= 0.3 is 0 Å². The van der Waals surface area contributed by atoms with Crippen molar-refractivity contribution in [3.05, 3.63) is 58.4 Å². The number of nitrogens with two attached hydrogens (primary N) is 1. The fourth-order valence-corrected chi connectivity index (χ4v) is 1.95. The highest BCUT2D eigenvalue weighted by atomic mass is 35.5. The van der Waals surface area contributed by atoms with Gasteiger partial charge in [-0.05, 0) is 42.3 Å². The first-order valence-electron chi connectivity index (χ1n) is 6.13. The van der Waals surface area contributed by atoms with Gasteiger partial charge in [0, 0.05) is 12.2 Å². The van der Waals surface area contributed by atoms with E-state index in [0.717, 1.165) is 11.1 Å². The largest absolute Gasteiger partial charge is 0.487 e. The lowest BCUT2D eigenvalue weighted by Crippen LogP contribution is -2.05. The first-order chi connectivity index (χ1) is 9.60. The zero-order valence-corrected chi connectivity index (χ0v) is 11.8. The summed E-state index contributed by atoms with van der Waals surface area (Å²) in [6.07, 6.45) is 1.58. The van der Waals surface area contributed by atoms with Crippen LogP contribution in [-0.2, 0) is 6.61 Å². The molecule has 0 unspecified atom stereocenters. The predicted octanol–water partition coefficient (Wildman–Crippen LogP) is 3.21. The monoisotopic (exact) mass is 287 g/mol. The van der Waals surface area contributed by atoms with Gasteiger partial charge in [0.2, 0.25) is 0 Å². The normalized spacial score (nSPS) is 11.7. The highest BCUT2D eigenvalue weighted by Gasteiger charge is 2.06. The molecular formula is C15H14ClN3O. The molecule has 0 aliphatic rings. The molecule has 0 aliphatic carbocycles. The Balaban J connectivity index is 2.09. The number of halogens is 1. The number of ether oxygens (including phenoxy) is 1. The molecule has 2 N–H and O–H groups in total. The van der Waals surface area contributed by atoms with Crippen molar-refractivity contribution in [1.82, 2.24) is 4.98 Å². The van der Waals surface area contributed by atoms with Crippen molar-refractivity contribution in [1.29, 1.82) is 5.26 Å². The summed E-state index contributed by atoms with van der Waals surface area (Å²) in [6, 6.07) is 10.9. The lowest BCUT2D eigenvalue weighted by Gasteiger charge is -2.11. The smallest absolute Gasteiger partial charge is 0.140 e. The van der Waals surface area contributed by atoms with E-state index in [1.807, 2.05) is 19.1 Å². The maximum atomic E-state index is 8.79.